The zero-order valence-corrected chi connectivity index (χ0v) is 12.5. The summed E-state index contributed by atoms with van der Waals surface area (Å²) in [4.78, 5) is 13.2. The van der Waals surface area contributed by atoms with E-state index in [2.05, 4.69) is 5.32 Å². The van der Waals surface area contributed by atoms with Crippen LogP contribution in [0.5, 0.6) is 0 Å². The molecule has 2 rings (SSSR count). The van der Waals surface area contributed by atoms with Crippen LogP contribution in [0.4, 0.5) is 17.1 Å². The summed E-state index contributed by atoms with van der Waals surface area (Å²) in [5.74, 6) is 0.0545. The molecule has 0 unspecified atom stereocenters. The molecule has 0 aliphatic carbocycles. The highest BCUT2D eigenvalue weighted by molar-refractivity contribution is 7.90. The smallest absolute Gasteiger partial charge is 0.224 e. The molecule has 7 heteroatoms. The number of hydrogen-bond acceptors (Lipinski definition) is 5. The molecule has 1 aromatic rings. The average Bonchev–Trinajstić information content (AvgIpc) is 2.35. The maximum Gasteiger partial charge on any atom is 0.224 e. The van der Waals surface area contributed by atoms with Crippen LogP contribution < -0.4 is 16.0 Å². The molecule has 0 bridgehead atoms. The molecule has 1 aliphatic rings. The number of carbonyl (C=O) groups is 1. The molecule has 20 heavy (non-hydrogen) atoms. The molecule has 0 saturated heterocycles. The summed E-state index contributed by atoms with van der Waals surface area (Å²) < 4.78 is 22.4. The molecule has 0 spiro atoms. The second kappa shape index (κ2) is 5.32. The standard InChI is InChI=1S/C13H19N3O3S/c1-16(5-6-20(2,18)19)12-8-11-9(7-10(12)14)3-4-13(17)15-11/h7-8H,3-6,14H2,1-2H3,(H,15,17). The molecular formula is C13H19N3O3S. The van der Waals surface area contributed by atoms with Crippen molar-refractivity contribution in [2.24, 2.45) is 0 Å². The van der Waals surface area contributed by atoms with E-state index in [1.165, 1.54) is 6.26 Å². The molecule has 0 fully saturated rings. The van der Waals surface area contributed by atoms with E-state index >= 15 is 0 Å². The van der Waals surface area contributed by atoms with Gasteiger partial charge in [-0.15, -0.1) is 0 Å². The van der Waals surface area contributed by atoms with Crippen molar-refractivity contribution in [3.05, 3.63) is 17.7 Å². The molecule has 1 aromatic carbocycles. The number of nitrogens with zero attached hydrogens (tertiary/aromatic N) is 1. The van der Waals surface area contributed by atoms with Crippen molar-refractivity contribution in [1.29, 1.82) is 0 Å². The minimum Gasteiger partial charge on any atom is -0.397 e. The monoisotopic (exact) mass is 297 g/mol. The quantitative estimate of drug-likeness (QED) is 0.795. The SMILES string of the molecule is CN(CCS(C)(=O)=O)c1cc2c(cc1N)CCC(=O)N2. The van der Waals surface area contributed by atoms with Gasteiger partial charge in [0, 0.05) is 32.0 Å². The first kappa shape index (κ1) is 14.6. The topological polar surface area (TPSA) is 92.5 Å². The van der Waals surface area contributed by atoms with Crippen LogP contribution in [0.1, 0.15) is 12.0 Å². The lowest BCUT2D eigenvalue weighted by atomic mass is 10.0. The minimum atomic E-state index is -3.02. The zero-order valence-electron chi connectivity index (χ0n) is 11.6. The molecule has 0 atom stereocenters. The summed E-state index contributed by atoms with van der Waals surface area (Å²) in [7, 11) is -1.23. The molecule has 6 nitrogen and oxygen atoms in total. The Morgan fingerprint density at radius 2 is 2.05 bits per heavy atom. The Balaban J connectivity index is 2.23. The summed E-state index contributed by atoms with van der Waals surface area (Å²) in [6.07, 6.45) is 2.35. The third kappa shape index (κ3) is 3.41. The van der Waals surface area contributed by atoms with Crippen LogP contribution in [0.25, 0.3) is 0 Å². The molecule has 1 heterocycles. The first-order chi connectivity index (χ1) is 9.26. The van der Waals surface area contributed by atoms with Gasteiger partial charge < -0.3 is 16.0 Å². The van der Waals surface area contributed by atoms with E-state index in [9.17, 15) is 13.2 Å². The largest absolute Gasteiger partial charge is 0.397 e. The number of fused-ring (bicyclic) bond motifs is 1. The van der Waals surface area contributed by atoms with E-state index < -0.39 is 9.84 Å². The molecule has 110 valence electrons. The van der Waals surface area contributed by atoms with Crippen molar-refractivity contribution in [1.82, 2.24) is 0 Å². The third-order valence-corrected chi connectivity index (χ3v) is 4.28. The van der Waals surface area contributed by atoms with Gasteiger partial charge >= 0.3 is 0 Å². The number of nitrogen functional groups attached to an aromatic ring is 1. The highest BCUT2D eigenvalue weighted by Gasteiger charge is 2.18. The normalized spacial score (nSPS) is 14.6. The van der Waals surface area contributed by atoms with Gasteiger partial charge in [-0.1, -0.05) is 0 Å². The van der Waals surface area contributed by atoms with E-state index in [-0.39, 0.29) is 11.7 Å². The predicted molar refractivity (Wildman–Crippen MR) is 80.8 cm³/mol. The van der Waals surface area contributed by atoms with Gasteiger partial charge in [0.15, 0.2) is 0 Å². The van der Waals surface area contributed by atoms with Gasteiger partial charge in [0.25, 0.3) is 0 Å². The van der Waals surface area contributed by atoms with Gasteiger partial charge in [0.1, 0.15) is 9.84 Å². The second-order valence-corrected chi connectivity index (χ2v) is 7.43. The van der Waals surface area contributed by atoms with Gasteiger partial charge in [-0.3, -0.25) is 4.79 Å². The first-order valence-electron chi connectivity index (χ1n) is 6.37. The summed E-state index contributed by atoms with van der Waals surface area (Å²) in [5, 5.41) is 2.82. The fourth-order valence-electron chi connectivity index (χ4n) is 2.19. The lowest BCUT2D eigenvalue weighted by molar-refractivity contribution is -0.116. The summed E-state index contributed by atoms with van der Waals surface area (Å²) in [5.41, 5.74) is 9.12. The molecule has 3 N–H and O–H groups in total. The van der Waals surface area contributed by atoms with Crippen molar-refractivity contribution >= 4 is 32.8 Å². The number of amides is 1. The predicted octanol–water partition coefficient (Wildman–Crippen LogP) is 0.634. The van der Waals surface area contributed by atoms with Gasteiger partial charge in [-0.05, 0) is 24.1 Å². The Bertz CT molecular complexity index is 641. The van der Waals surface area contributed by atoms with Gasteiger partial charge in [0.05, 0.1) is 17.1 Å². The number of sulfone groups is 1. The van der Waals surface area contributed by atoms with Crippen molar-refractivity contribution in [2.45, 2.75) is 12.8 Å². The maximum absolute atomic E-state index is 11.4. The fraction of sp³-hybridized carbons (Fsp3) is 0.462. The highest BCUT2D eigenvalue weighted by Crippen LogP contribution is 2.32. The number of carbonyl (C=O) groups excluding carboxylic acids is 1. The Morgan fingerprint density at radius 1 is 1.35 bits per heavy atom. The Kier molecular flexibility index (Phi) is 3.89. The molecule has 0 saturated carbocycles. The molecule has 1 aliphatic heterocycles. The van der Waals surface area contributed by atoms with Crippen LogP contribution in [-0.2, 0) is 21.1 Å². The number of benzene rings is 1. The Labute approximate surface area is 118 Å². The van der Waals surface area contributed by atoms with Crippen molar-refractivity contribution in [3.63, 3.8) is 0 Å². The van der Waals surface area contributed by atoms with Gasteiger partial charge in [0.2, 0.25) is 5.91 Å². The van der Waals surface area contributed by atoms with Gasteiger partial charge in [-0.25, -0.2) is 8.42 Å². The lowest BCUT2D eigenvalue weighted by Gasteiger charge is -2.25. The molecular weight excluding hydrogens is 278 g/mol. The van der Waals surface area contributed by atoms with Crippen molar-refractivity contribution in [2.75, 3.05) is 41.6 Å². The summed E-state index contributed by atoms with van der Waals surface area (Å²) in [6, 6.07) is 3.66. The van der Waals surface area contributed by atoms with E-state index in [1.807, 2.05) is 12.1 Å². The van der Waals surface area contributed by atoms with E-state index in [0.29, 0.717) is 25.1 Å². The van der Waals surface area contributed by atoms with Gasteiger partial charge in [-0.2, -0.15) is 0 Å². The van der Waals surface area contributed by atoms with Crippen LogP contribution in [0.2, 0.25) is 0 Å². The molecule has 1 amide bonds. The Hall–Kier alpha value is -1.76. The summed E-state index contributed by atoms with van der Waals surface area (Å²) in [6.45, 7) is 0.357. The molecule has 0 radical (unpaired) electrons. The number of rotatable bonds is 4. The van der Waals surface area contributed by atoms with Crippen LogP contribution >= 0.6 is 0 Å². The van der Waals surface area contributed by atoms with E-state index in [1.54, 1.807) is 11.9 Å². The number of nitrogens with one attached hydrogen (secondary N) is 1. The number of nitrogens with two attached hydrogens (primary N) is 1. The van der Waals surface area contributed by atoms with Crippen molar-refractivity contribution in [3.8, 4) is 0 Å². The number of hydrogen-bond donors (Lipinski definition) is 2. The highest BCUT2D eigenvalue weighted by atomic mass is 32.2. The maximum atomic E-state index is 11.4. The Morgan fingerprint density at radius 3 is 2.70 bits per heavy atom. The fourth-order valence-corrected chi connectivity index (χ4v) is 2.80. The summed E-state index contributed by atoms with van der Waals surface area (Å²) >= 11 is 0. The van der Waals surface area contributed by atoms with Crippen molar-refractivity contribution < 1.29 is 13.2 Å². The van der Waals surface area contributed by atoms with Crippen LogP contribution in [0, 0.1) is 0 Å². The average molecular weight is 297 g/mol. The van der Waals surface area contributed by atoms with Crippen LogP contribution in [0.15, 0.2) is 12.1 Å². The van der Waals surface area contributed by atoms with Crippen LogP contribution in [0.3, 0.4) is 0 Å². The van der Waals surface area contributed by atoms with E-state index in [4.69, 9.17) is 5.73 Å². The molecule has 0 aromatic heterocycles. The second-order valence-electron chi connectivity index (χ2n) is 5.17. The minimum absolute atomic E-state index is 0.00740. The van der Waals surface area contributed by atoms with Crippen LogP contribution in [-0.4, -0.2) is 39.9 Å². The zero-order chi connectivity index (χ0) is 14.9. The third-order valence-electron chi connectivity index (χ3n) is 3.36. The first-order valence-corrected chi connectivity index (χ1v) is 8.43. The number of anilines is 3. The lowest BCUT2D eigenvalue weighted by Crippen LogP contribution is -2.26. The number of aryl methyl sites for hydroxylation is 1. The van der Waals surface area contributed by atoms with E-state index in [0.717, 1.165) is 16.9 Å².